The van der Waals surface area contributed by atoms with Crippen LogP contribution < -0.4 is 10.6 Å². The van der Waals surface area contributed by atoms with Crippen LogP contribution in [0.25, 0.3) is 0 Å². The molecule has 0 aromatic heterocycles. The van der Waals surface area contributed by atoms with Crippen molar-refractivity contribution in [2.75, 3.05) is 40.3 Å². The predicted molar refractivity (Wildman–Crippen MR) is 132 cm³/mol. The van der Waals surface area contributed by atoms with Gasteiger partial charge in [0, 0.05) is 52.2 Å². The minimum absolute atomic E-state index is 0. The largest absolute Gasteiger partial charge is 0.444 e. The predicted octanol–water partition coefficient (Wildman–Crippen LogP) is 2.92. The van der Waals surface area contributed by atoms with Crippen molar-refractivity contribution in [3.8, 4) is 0 Å². The molecule has 176 valence electrons. The zero-order valence-corrected chi connectivity index (χ0v) is 22.3. The molecule has 1 aliphatic heterocycles. The second-order valence-electron chi connectivity index (χ2n) is 9.32. The smallest absolute Gasteiger partial charge is 0.410 e. The molecular formula is C21H42IN5O3. The Hall–Kier alpha value is -1.26. The van der Waals surface area contributed by atoms with Gasteiger partial charge >= 0.3 is 6.09 Å². The van der Waals surface area contributed by atoms with Gasteiger partial charge in [-0.3, -0.25) is 9.79 Å². The molecule has 1 unspecified atom stereocenters. The first kappa shape index (κ1) is 28.7. The van der Waals surface area contributed by atoms with Crippen molar-refractivity contribution >= 4 is 41.9 Å². The van der Waals surface area contributed by atoms with Crippen molar-refractivity contribution in [3.05, 3.63) is 0 Å². The van der Waals surface area contributed by atoms with Gasteiger partial charge in [-0.1, -0.05) is 20.8 Å². The van der Waals surface area contributed by atoms with Gasteiger partial charge in [0.05, 0.1) is 0 Å². The summed E-state index contributed by atoms with van der Waals surface area (Å²) in [4.78, 5) is 32.1. The number of halogens is 1. The van der Waals surface area contributed by atoms with Crippen molar-refractivity contribution in [2.24, 2.45) is 16.8 Å². The van der Waals surface area contributed by atoms with Crippen LogP contribution in [0.3, 0.4) is 0 Å². The highest BCUT2D eigenvalue weighted by molar-refractivity contribution is 14.0. The number of ether oxygens (including phenoxy) is 1. The first-order valence-corrected chi connectivity index (χ1v) is 10.6. The lowest BCUT2D eigenvalue weighted by atomic mass is 10.0. The Balaban J connectivity index is 0.00000841. The van der Waals surface area contributed by atoms with E-state index < -0.39 is 5.60 Å². The average Bonchev–Trinajstić information content (AvgIpc) is 2.63. The lowest BCUT2D eigenvalue weighted by Gasteiger charge is -2.34. The average molecular weight is 540 g/mol. The maximum atomic E-state index is 12.1. The molecule has 2 N–H and O–H groups in total. The number of hydrogen-bond acceptors (Lipinski definition) is 4. The Morgan fingerprint density at radius 3 is 2.23 bits per heavy atom. The number of nitrogens with zero attached hydrogens (tertiary/aromatic N) is 3. The Labute approximate surface area is 199 Å². The van der Waals surface area contributed by atoms with Gasteiger partial charge in [0.15, 0.2) is 5.96 Å². The second kappa shape index (κ2) is 13.2. The SMILES string of the molecule is CN=C(NCC(C)CN(C)C(=O)OC(C)(C)C)NC1CCN(C(=O)C(C)C)CC1.I. The van der Waals surface area contributed by atoms with Crippen molar-refractivity contribution in [1.29, 1.82) is 0 Å². The molecule has 1 heterocycles. The summed E-state index contributed by atoms with van der Waals surface area (Å²) in [6.07, 6.45) is 1.51. The van der Waals surface area contributed by atoms with Crippen molar-refractivity contribution < 1.29 is 14.3 Å². The third-order valence-electron chi connectivity index (χ3n) is 4.77. The molecule has 1 saturated heterocycles. The third-order valence-corrected chi connectivity index (χ3v) is 4.77. The molecule has 9 heteroatoms. The summed E-state index contributed by atoms with van der Waals surface area (Å²) in [6, 6.07) is 0.303. The molecule has 0 saturated carbocycles. The number of amides is 2. The van der Waals surface area contributed by atoms with E-state index in [2.05, 4.69) is 22.5 Å². The summed E-state index contributed by atoms with van der Waals surface area (Å²) in [5.74, 6) is 1.27. The number of hydrogen-bond donors (Lipinski definition) is 2. The number of aliphatic imine (C=N–C) groups is 1. The number of piperidine rings is 1. The van der Waals surface area contributed by atoms with E-state index in [1.165, 1.54) is 0 Å². The lowest BCUT2D eigenvalue weighted by molar-refractivity contribution is -0.135. The number of rotatable bonds is 6. The van der Waals surface area contributed by atoms with Crippen LogP contribution in [0, 0.1) is 11.8 Å². The van der Waals surface area contributed by atoms with Gasteiger partial charge in [-0.15, -0.1) is 24.0 Å². The maximum absolute atomic E-state index is 12.1. The topological polar surface area (TPSA) is 86.3 Å². The van der Waals surface area contributed by atoms with Crippen LogP contribution in [0.5, 0.6) is 0 Å². The molecule has 1 atom stereocenters. The van der Waals surface area contributed by atoms with Crippen LogP contribution in [0.2, 0.25) is 0 Å². The minimum atomic E-state index is -0.492. The van der Waals surface area contributed by atoms with Gasteiger partial charge in [0.25, 0.3) is 0 Å². The van der Waals surface area contributed by atoms with E-state index in [4.69, 9.17) is 4.74 Å². The molecule has 1 aliphatic rings. The first-order chi connectivity index (χ1) is 13.4. The lowest BCUT2D eigenvalue weighted by Crippen LogP contribution is -2.51. The highest BCUT2D eigenvalue weighted by Gasteiger charge is 2.25. The molecule has 0 bridgehead atoms. The van der Waals surface area contributed by atoms with E-state index in [9.17, 15) is 9.59 Å². The van der Waals surface area contributed by atoms with Gasteiger partial charge in [-0.05, 0) is 39.5 Å². The fourth-order valence-corrected chi connectivity index (χ4v) is 3.21. The molecular weight excluding hydrogens is 497 g/mol. The molecule has 0 aromatic carbocycles. The van der Waals surface area contributed by atoms with Crippen LogP contribution in [0.1, 0.15) is 54.4 Å². The van der Waals surface area contributed by atoms with E-state index in [0.29, 0.717) is 19.1 Å². The van der Waals surface area contributed by atoms with Crippen molar-refractivity contribution in [2.45, 2.75) is 66.0 Å². The molecule has 1 fully saturated rings. The normalized spacial score (nSPS) is 16.6. The summed E-state index contributed by atoms with van der Waals surface area (Å²) in [6.45, 7) is 14.4. The minimum Gasteiger partial charge on any atom is -0.444 e. The standard InChI is InChI=1S/C21H41N5O3.HI/c1-15(2)18(27)26-11-9-17(10-12-26)24-19(22-7)23-13-16(3)14-25(8)20(28)29-21(4,5)6;/h15-17H,9-14H2,1-8H3,(H2,22,23,24);1H. The Morgan fingerprint density at radius 1 is 1.20 bits per heavy atom. The second-order valence-corrected chi connectivity index (χ2v) is 9.32. The molecule has 30 heavy (non-hydrogen) atoms. The van der Waals surface area contributed by atoms with Crippen molar-refractivity contribution in [3.63, 3.8) is 0 Å². The van der Waals surface area contributed by atoms with E-state index in [1.54, 1.807) is 19.0 Å². The number of guanidine groups is 1. The molecule has 0 aromatic rings. The summed E-state index contributed by atoms with van der Waals surface area (Å²) in [5, 5.41) is 6.79. The summed E-state index contributed by atoms with van der Waals surface area (Å²) < 4.78 is 5.39. The summed E-state index contributed by atoms with van der Waals surface area (Å²) >= 11 is 0. The van der Waals surface area contributed by atoms with E-state index in [-0.39, 0.29) is 47.8 Å². The Bertz CT molecular complexity index is 569. The van der Waals surface area contributed by atoms with Crippen molar-refractivity contribution in [1.82, 2.24) is 20.4 Å². The summed E-state index contributed by atoms with van der Waals surface area (Å²) in [5.41, 5.74) is -0.492. The third kappa shape index (κ3) is 10.7. The van der Waals surface area contributed by atoms with Gasteiger partial charge in [0.2, 0.25) is 5.91 Å². The van der Waals surface area contributed by atoms with E-state index in [1.807, 2.05) is 39.5 Å². The van der Waals surface area contributed by atoms with Gasteiger partial charge in [0.1, 0.15) is 5.60 Å². The molecule has 8 nitrogen and oxygen atoms in total. The number of nitrogens with one attached hydrogen (secondary N) is 2. The molecule has 2 amide bonds. The van der Waals surface area contributed by atoms with Crippen LogP contribution in [-0.4, -0.2) is 79.7 Å². The van der Waals surface area contributed by atoms with Gasteiger partial charge in [-0.2, -0.15) is 0 Å². The number of likely N-dealkylation sites (tertiary alicyclic amines) is 1. The monoisotopic (exact) mass is 539 g/mol. The van der Waals surface area contributed by atoms with Crippen LogP contribution in [0.4, 0.5) is 4.79 Å². The van der Waals surface area contributed by atoms with Gasteiger partial charge < -0.3 is 25.2 Å². The zero-order chi connectivity index (χ0) is 22.2. The molecule has 0 radical (unpaired) electrons. The number of carbonyl (C=O) groups is 2. The fraction of sp³-hybridized carbons (Fsp3) is 0.857. The Morgan fingerprint density at radius 2 is 1.77 bits per heavy atom. The van der Waals surface area contributed by atoms with Crippen LogP contribution >= 0.6 is 24.0 Å². The quantitative estimate of drug-likeness (QED) is 0.308. The zero-order valence-electron chi connectivity index (χ0n) is 19.9. The highest BCUT2D eigenvalue weighted by atomic mass is 127. The molecule has 0 spiro atoms. The summed E-state index contributed by atoms with van der Waals surface area (Å²) in [7, 11) is 3.51. The first-order valence-electron chi connectivity index (χ1n) is 10.6. The van der Waals surface area contributed by atoms with E-state index >= 15 is 0 Å². The van der Waals surface area contributed by atoms with Crippen LogP contribution in [0.15, 0.2) is 4.99 Å². The molecule has 1 rings (SSSR count). The number of carbonyl (C=O) groups excluding carboxylic acids is 2. The Kier molecular flexibility index (Phi) is 12.7. The maximum Gasteiger partial charge on any atom is 0.410 e. The molecule has 0 aliphatic carbocycles. The van der Waals surface area contributed by atoms with Gasteiger partial charge in [-0.25, -0.2) is 4.79 Å². The van der Waals surface area contributed by atoms with Crippen LogP contribution in [-0.2, 0) is 9.53 Å². The van der Waals surface area contributed by atoms with E-state index in [0.717, 1.165) is 31.9 Å². The fourth-order valence-electron chi connectivity index (χ4n) is 3.21. The highest BCUT2D eigenvalue weighted by Crippen LogP contribution is 2.13.